The summed E-state index contributed by atoms with van der Waals surface area (Å²) in [6.45, 7) is -0.0290. The Balaban J connectivity index is 1.46. The molecule has 7 nitrogen and oxygen atoms in total. The Hall–Kier alpha value is -3.48. The lowest BCUT2D eigenvalue weighted by molar-refractivity contribution is -0.118. The molecule has 0 radical (unpaired) electrons. The lowest BCUT2D eigenvalue weighted by atomic mass is 10.2. The van der Waals surface area contributed by atoms with Crippen LogP contribution in [0.5, 0.6) is 5.75 Å². The maximum absolute atomic E-state index is 12.1. The van der Waals surface area contributed by atoms with Crippen LogP contribution in [0.1, 0.15) is 0 Å². The normalized spacial score (nSPS) is 12.9. The van der Waals surface area contributed by atoms with Crippen LogP contribution < -0.4 is 20.7 Å². The van der Waals surface area contributed by atoms with Gasteiger partial charge in [0.25, 0.3) is 5.91 Å². The van der Waals surface area contributed by atoms with Gasteiger partial charge < -0.3 is 25.7 Å². The smallest absolute Gasteiger partial charge is 0.323 e. The Kier molecular flexibility index (Phi) is 3.31. The number of benzene rings is 2. The number of aromatic amines is 1. The van der Waals surface area contributed by atoms with Crippen molar-refractivity contribution in [2.75, 3.05) is 22.6 Å². The highest BCUT2D eigenvalue weighted by atomic mass is 16.5. The molecule has 0 atom stereocenters. The molecule has 3 aromatic rings. The Morgan fingerprint density at radius 1 is 1.04 bits per heavy atom. The Labute approximate surface area is 137 Å². The highest BCUT2D eigenvalue weighted by Crippen LogP contribution is 2.30. The van der Waals surface area contributed by atoms with Crippen LogP contribution in [-0.4, -0.2) is 23.5 Å². The molecule has 1 aliphatic heterocycles. The minimum absolute atomic E-state index is 0.0290. The molecule has 4 N–H and O–H groups in total. The number of fused-ring (bicyclic) bond motifs is 2. The van der Waals surface area contributed by atoms with Crippen LogP contribution in [0.3, 0.4) is 0 Å². The summed E-state index contributed by atoms with van der Waals surface area (Å²) >= 11 is 0. The summed E-state index contributed by atoms with van der Waals surface area (Å²) in [5.41, 5.74) is 2.80. The van der Waals surface area contributed by atoms with E-state index in [-0.39, 0.29) is 18.5 Å². The number of urea groups is 1. The molecule has 120 valence electrons. The van der Waals surface area contributed by atoms with Gasteiger partial charge >= 0.3 is 6.03 Å². The lowest BCUT2D eigenvalue weighted by Gasteiger charge is -2.18. The van der Waals surface area contributed by atoms with Gasteiger partial charge in [-0.3, -0.25) is 4.79 Å². The molecule has 0 spiro atoms. The van der Waals surface area contributed by atoms with E-state index in [0.29, 0.717) is 22.8 Å². The Morgan fingerprint density at radius 3 is 2.71 bits per heavy atom. The van der Waals surface area contributed by atoms with Crippen LogP contribution in [0, 0.1) is 0 Å². The third-order valence-corrected chi connectivity index (χ3v) is 3.69. The average Bonchev–Trinajstić information content (AvgIpc) is 3.02. The Bertz CT molecular complexity index is 948. The minimum atomic E-state index is -0.360. The molecule has 2 heterocycles. The van der Waals surface area contributed by atoms with Crippen molar-refractivity contribution >= 4 is 39.9 Å². The molecule has 2 aromatic carbocycles. The van der Waals surface area contributed by atoms with Crippen molar-refractivity contribution in [2.45, 2.75) is 0 Å². The number of hydrogen-bond donors (Lipinski definition) is 4. The number of amides is 3. The van der Waals surface area contributed by atoms with Crippen molar-refractivity contribution in [3.63, 3.8) is 0 Å². The third kappa shape index (κ3) is 2.74. The maximum Gasteiger partial charge on any atom is 0.323 e. The fourth-order valence-corrected chi connectivity index (χ4v) is 2.57. The van der Waals surface area contributed by atoms with Crippen LogP contribution in [0.25, 0.3) is 10.9 Å². The third-order valence-electron chi connectivity index (χ3n) is 3.69. The minimum Gasteiger partial charge on any atom is -0.482 e. The summed E-state index contributed by atoms with van der Waals surface area (Å²) in [4.78, 5) is 26.5. The number of carbonyl (C=O) groups excluding carboxylic acids is 2. The average molecular weight is 322 g/mol. The number of carbonyl (C=O) groups is 2. The molecule has 0 fully saturated rings. The SMILES string of the molecule is O=C1COc2cc(NC(=O)Nc3ccc4cc[nH]c4c3)ccc2N1. The fourth-order valence-electron chi connectivity index (χ4n) is 2.57. The van der Waals surface area contributed by atoms with Gasteiger partial charge in [0.05, 0.1) is 5.69 Å². The number of hydrogen-bond acceptors (Lipinski definition) is 3. The summed E-state index contributed by atoms with van der Waals surface area (Å²) < 4.78 is 5.33. The zero-order chi connectivity index (χ0) is 16.5. The van der Waals surface area contributed by atoms with Crippen molar-refractivity contribution in [1.82, 2.24) is 4.98 Å². The van der Waals surface area contributed by atoms with Gasteiger partial charge in [0, 0.05) is 29.2 Å². The monoisotopic (exact) mass is 322 g/mol. The van der Waals surface area contributed by atoms with E-state index in [4.69, 9.17) is 4.74 Å². The molecule has 7 heteroatoms. The molecule has 1 aliphatic rings. The topological polar surface area (TPSA) is 95.2 Å². The quantitative estimate of drug-likeness (QED) is 0.583. The van der Waals surface area contributed by atoms with Crippen molar-refractivity contribution in [1.29, 1.82) is 0 Å². The number of aromatic nitrogens is 1. The second-order valence-electron chi connectivity index (χ2n) is 5.41. The van der Waals surface area contributed by atoms with Crippen LogP contribution in [0.4, 0.5) is 21.9 Å². The highest BCUT2D eigenvalue weighted by molar-refractivity contribution is 6.02. The van der Waals surface area contributed by atoms with Crippen LogP contribution in [-0.2, 0) is 4.79 Å². The van der Waals surface area contributed by atoms with E-state index in [1.54, 1.807) is 18.2 Å². The summed E-state index contributed by atoms with van der Waals surface area (Å²) in [7, 11) is 0. The molecule has 0 bridgehead atoms. The van der Waals surface area contributed by atoms with Crippen LogP contribution in [0.2, 0.25) is 0 Å². The van der Waals surface area contributed by atoms with Gasteiger partial charge in [-0.2, -0.15) is 0 Å². The first kappa shape index (κ1) is 14.1. The van der Waals surface area contributed by atoms with Gasteiger partial charge in [-0.15, -0.1) is 0 Å². The van der Waals surface area contributed by atoms with Gasteiger partial charge in [-0.1, -0.05) is 6.07 Å². The summed E-state index contributed by atoms with van der Waals surface area (Å²) in [6, 6.07) is 12.3. The van der Waals surface area contributed by atoms with E-state index < -0.39 is 0 Å². The van der Waals surface area contributed by atoms with Crippen LogP contribution >= 0.6 is 0 Å². The first-order valence-electron chi connectivity index (χ1n) is 7.39. The number of rotatable bonds is 2. The standard InChI is InChI=1S/C17H14N4O3/c22-16-9-24-15-8-12(3-4-13(15)21-16)20-17(23)19-11-2-1-10-5-6-18-14(10)7-11/h1-8,18H,9H2,(H,21,22)(H2,19,20,23). The van der Waals surface area contributed by atoms with Crippen molar-refractivity contribution in [2.24, 2.45) is 0 Å². The van der Waals surface area contributed by atoms with Gasteiger partial charge in [0.1, 0.15) is 5.75 Å². The van der Waals surface area contributed by atoms with Crippen molar-refractivity contribution < 1.29 is 14.3 Å². The zero-order valence-corrected chi connectivity index (χ0v) is 12.6. The molecule has 0 aliphatic carbocycles. The molecular weight excluding hydrogens is 308 g/mol. The summed E-state index contributed by atoms with van der Waals surface area (Å²) in [5.74, 6) is 0.334. The molecule has 4 rings (SSSR count). The molecule has 0 saturated carbocycles. The van der Waals surface area contributed by atoms with E-state index in [1.165, 1.54) is 0 Å². The zero-order valence-electron chi connectivity index (χ0n) is 12.6. The first-order valence-corrected chi connectivity index (χ1v) is 7.39. The molecule has 0 unspecified atom stereocenters. The first-order chi connectivity index (χ1) is 11.7. The number of anilines is 3. The maximum atomic E-state index is 12.1. The van der Waals surface area contributed by atoms with Gasteiger partial charge in [-0.25, -0.2) is 4.79 Å². The number of H-pyrrole nitrogens is 1. The molecule has 1 aromatic heterocycles. The van der Waals surface area contributed by atoms with Gasteiger partial charge in [0.15, 0.2) is 6.61 Å². The predicted octanol–water partition coefficient (Wildman–Crippen LogP) is 3.14. The summed E-state index contributed by atoms with van der Waals surface area (Å²) in [5, 5.41) is 9.30. The van der Waals surface area contributed by atoms with E-state index in [1.807, 2.05) is 30.5 Å². The van der Waals surface area contributed by atoms with E-state index >= 15 is 0 Å². The van der Waals surface area contributed by atoms with Crippen LogP contribution in [0.15, 0.2) is 48.7 Å². The fraction of sp³-hybridized carbons (Fsp3) is 0.0588. The van der Waals surface area contributed by atoms with Gasteiger partial charge in [0.2, 0.25) is 0 Å². The van der Waals surface area contributed by atoms with E-state index in [9.17, 15) is 9.59 Å². The second-order valence-corrected chi connectivity index (χ2v) is 5.41. The second kappa shape index (κ2) is 5.62. The molecule has 24 heavy (non-hydrogen) atoms. The summed E-state index contributed by atoms with van der Waals surface area (Å²) in [6.07, 6.45) is 1.85. The van der Waals surface area contributed by atoms with Crippen molar-refractivity contribution in [3.05, 3.63) is 48.7 Å². The molecular formula is C17H14N4O3. The molecule has 3 amide bonds. The highest BCUT2D eigenvalue weighted by Gasteiger charge is 2.16. The number of nitrogens with one attached hydrogen (secondary N) is 4. The Morgan fingerprint density at radius 2 is 1.83 bits per heavy atom. The van der Waals surface area contributed by atoms with Crippen molar-refractivity contribution in [3.8, 4) is 5.75 Å². The predicted molar refractivity (Wildman–Crippen MR) is 91.5 cm³/mol. The number of ether oxygens (including phenoxy) is 1. The lowest BCUT2D eigenvalue weighted by Crippen LogP contribution is -2.25. The largest absolute Gasteiger partial charge is 0.482 e. The van der Waals surface area contributed by atoms with E-state index in [2.05, 4.69) is 20.9 Å². The van der Waals surface area contributed by atoms with Gasteiger partial charge in [-0.05, 0) is 35.7 Å². The molecule has 0 saturated heterocycles. The van der Waals surface area contributed by atoms with E-state index in [0.717, 1.165) is 10.9 Å².